The van der Waals surface area contributed by atoms with Crippen molar-refractivity contribution in [3.63, 3.8) is 0 Å². The van der Waals surface area contributed by atoms with Gasteiger partial charge in [0.1, 0.15) is 12.0 Å². The maximum Gasteiger partial charge on any atom is 0.350 e. The Morgan fingerprint density at radius 3 is 2.72 bits per heavy atom. The Labute approximate surface area is 144 Å². The maximum atomic E-state index is 12.7. The second-order valence-electron chi connectivity index (χ2n) is 5.15. The van der Waals surface area contributed by atoms with Gasteiger partial charge in [-0.05, 0) is 24.3 Å². The highest BCUT2D eigenvalue weighted by Crippen LogP contribution is 2.17. The van der Waals surface area contributed by atoms with Crippen molar-refractivity contribution in [3.05, 3.63) is 17.4 Å². The van der Waals surface area contributed by atoms with E-state index in [1.165, 1.54) is 19.2 Å². The van der Waals surface area contributed by atoms with Crippen LogP contribution in [0.5, 0.6) is 0 Å². The van der Waals surface area contributed by atoms with Gasteiger partial charge in [-0.3, -0.25) is 4.79 Å². The summed E-state index contributed by atoms with van der Waals surface area (Å²) in [6, 6.07) is -1.42. The van der Waals surface area contributed by atoms with Gasteiger partial charge in [0.25, 0.3) is 0 Å². The monoisotopic (exact) mass is 367 g/mol. The predicted molar refractivity (Wildman–Crippen MR) is 83.8 cm³/mol. The van der Waals surface area contributed by atoms with E-state index in [9.17, 15) is 14.4 Å². The molecule has 12 nitrogen and oxygen atoms in total. The van der Waals surface area contributed by atoms with Crippen molar-refractivity contribution in [2.24, 2.45) is 5.16 Å². The van der Waals surface area contributed by atoms with Gasteiger partial charge >= 0.3 is 5.97 Å². The Morgan fingerprint density at radius 2 is 2.24 bits per heavy atom. The lowest BCUT2D eigenvalue weighted by Gasteiger charge is -2.17. The number of oxime groups is 1. The first-order valence-corrected chi connectivity index (χ1v) is 7.57. The molecule has 0 fully saturated rings. The van der Waals surface area contributed by atoms with Crippen LogP contribution in [0.25, 0.3) is 0 Å². The van der Waals surface area contributed by atoms with Crippen LogP contribution in [0.1, 0.15) is 25.6 Å². The summed E-state index contributed by atoms with van der Waals surface area (Å²) in [5, 5.41) is 24.5. The number of hydrogen-bond acceptors (Lipinski definition) is 11. The molecule has 0 aliphatic heterocycles. The molecular formula is C12H13N7O5S. The quantitative estimate of drug-likeness (QED) is 0.263. The highest BCUT2D eigenvalue weighted by atomic mass is 32.1. The van der Waals surface area contributed by atoms with E-state index in [0.29, 0.717) is 6.29 Å². The molecule has 2 aromatic rings. The van der Waals surface area contributed by atoms with Crippen LogP contribution >= 0.6 is 11.3 Å². The summed E-state index contributed by atoms with van der Waals surface area (Å²) >= 11 is 1.03. The number of hydrogen-bond donors (Lipinski definition) is 2. The zero-order valence-corrected chi connectivity index (χ0v) is 13.9. The topological polar surface area (TPSA) is 176 Å². The Morgan fingerprint density at radius 1 is 1.52 bits per heavy atom. The maximum absolute atomic E-state index is 12.7. The highest BCUT2D eigenvalue weighted by Gasteiger charge is 2.33. The summed E-state index contributed by atoms with van der Waals surface area (Å²) in [6.45, 7) is 2.49. The third-order valence-corrected chi connectivity index (χ3v) is 3.60. The smallest absolute Gasteiger partial charge is 0.350 e. The van der Waals surface area contributed by atoms with Gasteiger partial charge in [0, 0.05) is 5.38 Å². The second-order valence-corrected chi connectivity index (χ2v) is 6.04. The number of carbonyl (C=O) groups excluding carboxylic acids is 2. The van der Waals surface area contributed by atoms with Crippen molar-refractivity contribution < 1.29 is 24.3 Å². The number of carboxylic acids is 1. The number of carbonyl (C=O) groups is 3. The first kappa shape index (κ1) is 18.1. The number of nitrogens with zero attached hydrogens (tertiary/aromatic N) is 6. The van der Waals surface area contributed by atoms with E-state index in [1.54, 1.807) is 0 Å². The van der Waals surface area contributed by atoms with Crippen LogP contribution in [0.15, 0.2) is 16.9 Å². The van der Waals surface area contributed by atoms with Crippen LogP contribution in [0.4, 0.5) is 5.13 Å². The zero-order chi connectivity index (χ0) is 18.6. The number of aliphatic carboxylic acids is 1. The molecule has 25 heavy (non-hydrogen) atoms. The molecule has 3 N–H and O–H groups in total. The third-order valence-electron chi connectivity index (χ3n) is 2.93. The van der Waals surface area contributed by atoms with Gasteiger partial charge in [0.2, 0.25) is 11.4 Å². The fourth-order valence-corrected chi connectivity index (χ4v) is 2.04. The number of Topliss-reactive ketones (excluding diaryl/α,β-unsaturated/α-hetero) is 1. The molecule has 0 aliphatic carbocycles. The summed E-state index contributed by atoms with van der Waals surface area (Å²) in [5.74, 6) is -2.14. The molecule has 132 valence electrons. The van der Waals surface area contributed by atoms with Gasteiger partial charge in [-0.25, -0.2) is 14.5 Å². The number of rotatable bonds is 8. The van der Waals surface area contributed by atoms with Crippen molar-refractivity contribution in [3.8, 4) is 0 Å². The van der Waals surface area contributed by atoms with Gasteiger partial charge < -0.3 is 20.5 Å². The molecule has 0 spiro atoms. The number of thiazole rings is 1. The molecule has 2 aromatic heterocycles. The Hall–Kier alpha value is -3.22. The normalized spacial score (nSPS) is 13.3. The number of anilines is 1. The fourth-order valence-electron chi connectivity index (χ4n) is 1.49. The SMILES string of the molecule is CC(C)(ON=C(C(=O)C(C=O)n1cnnn1)c1csc(N)n1)C(=O)O. The molecule has 13 heteroatoms. The van der Waals surface area contributed by atoms with E-state index < -0.39 is 23.4 Å². The molecule has 2 heterocycles. The first-order chi connectivity index (χ1) is 11.8. The van der Waals surface area contributed by atoms with Crippen LogP contribution < -0.4 is 5.73 Å². The first-order valence-electron chi connectivity index (χ1n) is 6.69. The van der Waals surface area contributed by atoms with Crippen molar-refractivity contribution in [1.82, 2.24) is 25.2 Å². The second kappa shape index (κ2) is 7.12. The van der Waals surface area contributed by atoms with Crippen LogP contribution in [0.2, 0.25) is 0 Å². The lowest BCUT2D eigenvalue weighted by Crippen LogP contribution is -2.35. The van der Waals surface area contributed by atoms with E-state index >= 15 is 0 Å². The number of tetrazole rings is 1. The zero-order valence-electron chi connectivity index (χ0n) is 13.1. The van der Waals surface area contributed by atoms with Gasteiger partial charge in [-0.2, -0.15) is 0 Å². The van der Waals surface area contributed by atoms with Crippen molar-refractivity contribution in [2.45, 2.75) is 25.5 Å². The number of carboxylic acid groups (broad SMARTS) is 1. The van der Waals surface area contributed by atoms with E-state index in [4.69, 9.17) is 15.7 Å². The Bertz CT molecular complexity index is 814. The van der Waals surface area contributed by atoms with Crippen LogP contribution in [-0.2, 0) is 19.2 Å². The highest BCUT2D eigenvalue weighted by molar-refractivity contribution is 7.13. The average Bonchev–Trinajstić information content (AvgIpc) is 3.20. The molecule has 2 rings (SSSR count). The van der Waals surface area contributed by atoms with Crippen molar-refractivity contribution in [1.29, 1.82) is 0 Å². The van der Waals surface area contributed by atoms with Crippen LogP contribution in [0, 0.1) is 0 Å². The molecule has 0 radical (unpaired) electrons. The molecule has 0 aliphatic rings. The lowest BCUT2D eigenvalue weighted by molar-refractivity contribution is -0.161. The van der Waals surface area contributed by atoms with Gasteiger partial charge in [-0.15, -0.1) is 16.4 Å². The minimum atomic E-state index is -1.71. The lowest BCUT2D eigenvalue weighted by atomic mass is 10.1. The number of ketones is 1. The number of nitrogens with two attached hydrogens (primary N) is 1. The van der Waals surface area contributed by atoms with Gasteiger partial charge in [0.05, 0.1) is 0 Å². The Kier molecular flexibility index (Phi) is 5.17. The summed E-state index contributed by atoms with van der Waals surface area (Å²) in [7, 11) is 0. The van der Waals surface area contributed by atoms with Gasteiger partial charge in [0.15, 0.2) is 23.2 Å². The van der Waals surface area contributed by atoms with E-state index in [0.717, 1.165) is 22.3 Å². The number of nitrogen functional groups attached to an aromatic ring is 1. The molecule has 0 saturated carbocycles. The molecule has 0 bridgehead atoms. The molecule has 1 unspecified atom stereocenters. The molecule has 1 atom stereocenters. The van der Waals surface area contributed by atoms with E-state index in [2.05, 4.69) is 25.7 Å². The predicted octanol–water partition coefficient (Wildman–Crippen LogP) is -0.695. The standard InChI is InChI=1S/C12H13N7O5S/c1-12(2,10(22)23)24-16-8(6-4-25-11(13)15-6)9(21)7(3-20)19-5-14-17-18-19/h3-5,7H,1-2H3,(H2,13,15)(H,22,23). The summed E-state index contributed by atoms with van der Waals surface area (Å²) in [5.41, 5.74) is 3.50. The largest absolute Gasteiger partial charge is 0.478 e. The number of aromatic nitrogens is 5. The fraction of sp³-hybridized carbons (Fsp3) is 0.333. The molecular weight excluding hydrogens is 354 g/mol. The summed E-state index contributed by atoms with van der Waals surface area (Å²) in [6.07, 6.45) is 1.39. The molecule has 0 aromatic carbocycles. The van der Waals surface area contributed by atoms with Crippen LogP contribution in [0.3, 0.4) is 0 Å². The van der Waals surface area contributed by atoms with Crippen molar-refractivity contribution >= 4 is 40.2 Å². The number of aldehydes is 1. The average molecular weight is 367 g/mol. The van der Waals surface area contributed by atoms with Gasteiger partial charge in [-0.1, -0.05) is 5.16 Å². The minimum Gasteiger partial charge on any atom is -0.478 e. The minimum absolute atomic E-state index is 0.0358. The third kappa shape index (κ3) is 4.00. The summed E-state index contributed by atoms with van der Waals surface area (Å²) < 4.78 is 0.920. The van der Waals surface area contributed by atoms with Crippen LogP contribution in [-0.4, -0.2) is 59.6 Å². The van der Waals surface area contributed by atoms with E-state index in [-0.39, 0.29) is 16.5 Å². The van der Waals surface area contributed by atoms with Crippen molar-refractivity contribution in [2.75, 3.05) is 5.73 Å². The molecule has 0 amide bonds. The van der Waals surface area contributed by atoms with E-state index in [1.807, 2.05) is 0 Å². The summed E-state index contributed by atoms with van der Waals surface area (Å²) in [4.78, 5) is 44.0. The Balaban J connectivity index is 2.42. The molecule has 0 saturated heterocycles.